The molecular weight excluding hydrogens is 328 g/mol. The number of aromatic nitrogens is 4. The maximum absolute atomic E-state index is 5.20. The average molecular weight is 346 g/mol. The number of ether oxygens (including phenoxy) is 1. The second-order valence-electron chi connectivity index (χ2n) is 5.75. The van der Waals surface area contributed by atoms with Gasteiger partial charge in [-0.1, -0.05) is 18.2 Å². The summed E-state index contributed by atoms with van der Waals surface area (Å²) in [6.45, 7) is 0. The predicted octanol–water partition coefficient (Wildman–Crippen LogP) is 3.86. The smallest absolute Gasteiger partial charge is 0.231 e. The summed E-state index contributed by atoms with van der Waals surface area (Å²) in [6.07, 6.45) is 1.76. The Morgan fingerprint density at radius 1 is 0.885 bits per heavy atom. The van der Waals surface area contributed by atoms with E-state index in [1.807, 2.05) is 61.6 Å². The Morgan fingerprint density at radius 3 is 2.35 bits per heavy atom. The van der Waals surface area contributed by atoms with Crippen molar-refractivity contribution in [2.24, 2.45) is 7.05 Å². The maximum atomic E-state index is 5.20. The number of rotatable bonds is 5. The molecule has 26 heavy (non-hydrogen) atoms. The lowest BCUT2D eigenvalue weighted by Gasteiger charge is -2.11. The first-order valence-corrected chi connectivity index (χ1v) is 8.16. The molecule has 2 aromatic carbocycles. The van der Waals surface area contributed by atoms with Crippen LogP contribution in [0.5, 0.6) is 5.75 Å². The Kier molecular flexibility index (Phi) is 4.10. The number of benzene rings is 2. The number of nitrogens with zero attached hydrogens (tertiary/aromatic N) is 4. The fourth-order valence-electron chi connectivity index (χ4n) is 2.63. The van der Waals surface area contributed by atoms with Gasteiger partial charge in [0, 0.05) is 18.4 Å². The van der Waals surface area contributed by atoms with Gasteiger partial charge < -0.3 is 15.4 Å². The first kappa shape index (κ1) is 15.9. The summed E-state index contributed by atoms with van der Waals surface area (Å²) in [7, 11) is 3.51. The summed E-state index contributed by atoms with van der Waals surface area (Å²) in [6, 6.07) is 17.5. The van der Waals surface area contributed by atoms with Crippen molar-refractivity contribution in [1.29, 1.82) is 0 Å². The second-order valence-corrected chi connectivity index (χ2v) is 5.75. The first-order valence-electron chi connectivity index (χ1n) is 8.16. The minimum atomic E-state index is 0.503. The molecule has 0 aliphatic carbocycles. The van der Waals surface area contributed by atoms with E-state index in [1.165, 1.54) is 0 Å². The molecular formula is C19H18N6O. The average Bonchev–Trinajstić information content (AvgIpc) is 3.04. The van der Waals surface area contributed by atoms with Crippen LogP contribution >= 0.6 is 0 Å². The standard InChI is InChI=1S/C19H18N6O/c1-25-18-16(12-20-25)17(21-14-8-10-15(26-2)11-9-14)23-19(24-18)22-13-6-4-3-5-7-13/h3-12H,1-2H3,(H2,21,22,23,24). The quantitative estimate of drug-likeness (QED) is 0.571. The van der Waals surface area contributed by atoms with E-state index in [-0.39, 0.29) is 0 Å². The van der Waals surface area contributed by atoms with Crippen LogP contribution in [0, 0.1) is 0 Å². The van der Waals surface area contributed by atoms with E-state index in [4.69, 9.17) is 4.74 Å². The Labute approximate surface area is 150 Å². The van der Waals surface area contributed by atoms with Crippen LogP contribution in [0.3, 0.4) is 0 Å². The Bertz CT molecular complexity index is 1030. The van der Waals surface area contributed by atoms with E-state index in [0.29, 0.717) is 11.8 Å². The highest BCUT2D eigenvalue weighted by Gasteiger charge is 2.12. The van der Waals surface area contributed by atoms with Gasteiger partial charge in [0.1, 0.15) is 11.6 Å². The molecule has 2 aromatic heterocycles. The van der Waals surface area contributed by atoms with Crippen molar-refractivity contribution < 1.29 is 4.74 Å². The number of nitrogens with one attached hydrogen (secondary N) is 2. The zero-order chi connectivity index (χ0) is 17.9. The Hall–Kier alpha value is -3.61. The van der Waals surface area contributed by atoms with Gasteiger partial charge in [0.05, 0.1) is 18.7 Å². The van der Waals surface area contributed by atoms with Crippen LogP contribution in [-0.4, -0.2) is 26.9 Å². The molecule has 0 fully saturated rings. The normalized spacial score (nSPS) is 10.7. The molecule has 0 atom stereocenters. The number of para-hydroxylation sites is 1. The molecule has 4 aromatic rings. The molecule has 0 aliphatic heterocycles. The first-order chi connectivity index (χ1) is 12.7. The second kappa shape index (κ2) is 6.72. The van der Waals surface area contributed by atoms with E-state index < -0.39 is 0 Å². The number of anilines is 4. The van der Waals surface area contributed by atoms with E-state index in [2.05, 4.69) is 25.7 Å². The van der Waals surface area contributed by atoms with Crippen LogP contribution in [0.15, 0.2) is 60.8 Å². The Morgan fingerprint density at radius 2 is 1.62 bits per heavy atom. The monoisotopic (exact) mass is 346 g/mol. The highest BCUT2D eigenvalue weighted by atomic mass is 16.5. The highest BCUT2D eigenvalue weighted by Crippen LogP contribution is 2.26. The number of hydrogen-bond acceptors (Lipinski definition) is 6. The molecule has 2 heterocycles. The number of aryl methyl sites for hydroxylation is 1. The molecule has 7 nitrogen and oxygen atoms in total. The van der Waals surface area contributed by atoms with Crippen LogP contribution < -0.4 is 15.4 Å². The molecule has 0 unspecified atom stereocenters. The molecule has 0 amide bonds. The SMILES string of the molecule is COc1ccc(Nc2nc(Nc3ccccc3)nc3c2cnn3C)cc1. The van der Waals surface area contributed by atoms with Crippen LogP contribution in [0.1, 0.15) is 0 Å². The fraction of sp³-hybridized carbons (Fsp3) is 0.105. The van der Waals surface area contributed by atoms with Crippen molar-refractivity contribution >= 4 is 34.2 Å². The van der Waals surface area contributed by atoms with Crippen LogP contribution in [-0.2, 0) is 7.05 Å². The molecule has 0 spiro atoms. The number of methoxy groups -OCH3 is 1. The summed E-state index contributed by atoms with van der Waals surface area (Å²) in [4.78, 5) is 9.21. The van der Waals surface area contributed by atoms with E-state index >= 15 is 0 Å². The minimum Gasteiger partial charge on any atom is -0.497 e. The number of hydrogen-bond donors (Lipinski definition) is 2. The molecule has 0 saturated heterocycles. The summed E-state index contributed by atoms with van der Waals surface area (Å²) in [5, 5.41) is 11.7. The van der Waals surface area contributed by atoms with Gasteiger partial charge in [0.2, 0.25) is 5.95 Å². The minimum absolute atomic E-state index is 0.503. The van der Waals surface area contributed by atoms with Gasteiger partial charge in [-0.15, -0.1) is 0 Å². The van der Waals surface area contributed by atoms with Crippen molar-refractivity contribution in [1.82, 2.24) is 19.7 Å². The summed E-state index contributed by atoms with van der Waals surface area (Å²) in [5.41, 5.74) is 2.57. The number of fused-ring (bicyclic) bond motifs is 1. The van der Waals surface area contributed by atoms with E-state index in [1.54, 1.807) is 18.0 Å². The van der Waals surface area contributed by atoms with Crippen molar-refractivity contribution in [2.75, 3.05) is 17.7 Å². The van der Waals surface area contributed by atoms with Crippen molar-refractivity contribution in [3.8, 4) is 5.75 Å². The third kappa shape index (κ3) is 3.14. The van der Waals surface area contributed by atoms with Gasteiger partial charge in [-0.25, -0.2) is 0 Å². The van der Waals surface area contributed by atoms with Gasteiger partial charge in [0.25, 0.3) is 0 Å². The zero-order valence-electron chi connectivity index (χ0n) is 14.5. The Balaban J connectivity index is 1.72. The maximum Gasteiger partial charge on any atom is 0.231 e. The molecule has 130 valence electrons. The largest absolute Gasteiger partial charge is 0.497 e. The lowest BCUT2D eigenvalue weighted by Crippen LogP contribution is -2.03. The topological polar surface area (TPSA) is 76.9 Å². The lowest BCUT2D eigenvalue weighted by atomic mass is 10.3. The van der Waals surface area contributed by atoms with E-state index in [0.717, 1.165) is 28.2 Å². The van der Waals surface area contributed by atoms with E-state index in [9.17, 15) is 0 Å². The highest BCUT2D eigenvalue weighted by molar-refractivity contribution is 5.89. The predicted molar refractivity (Wildman–Crippen MR) is 102 cm³/mol. The molecule has 7 heteroatoms. The third-order valence-corrected chi connectivity index (χ3v) is 3.97. The molecule has 0 saturated carbocycles. The van der Waals surface area contributed by atoms with Crippen LogP contribution in [0.25, 0.3) is 11.0 Å². The summed E-state index contributed by atoms with van der Waals surface area (Å²) >= 11 is 0. The summed E-state index contributed by atoms with van der Waals surface area (Å²) < 4.78 is 6.93. The van der Waals surface area contributed by atoms with Gasteiger partial charge in [-0.2, -0.15) is 15.1 Å². The summed E-state index contributed by atoms with van der Waals surface area (Å²) in [5.74, 6) is 1.99. The van der Waals surface area contributed by atoms with Gasteiger partial charge in [-0.05, 0) is 36.4 Å². The van der Waals surface area contributed by atoms with Crippen LogP contribution in [0.4, 0.5) is 23.1 Å². The van der Waals surface area contributed by atoms with Crippen LogP contribution in [0.2, 0.25) is 0 Å². The van der Waals surface area contributed by atoms with Gasteiger partial charge in [0.15, 0.2) is 5.65 Å². The molecule has 0 radical (unpaired) electrons. The van der Waals surface area contributed by atoms with Gasteiger partial charge >= 0.3 is 0 Å². The van der Waals surface area contributed by atoms with Gasteiger partial charge in [-0.3, -0.25) is 4.68 Å². The lowest BCUT2D eigenvalue weighted by molar-refractivity contribution is 0.415. The molecule has 0 bridgehead atoms. The zero-order valence-corrected chi connectivity index (χ0v) is 14.5. The van der Waals surface area contributed by atoms with Crippen molar-refractivity contribution in [3.63, 3.8) is 0 Å². The molecule has 0 aliphatic rings. The van der Waals surface area contributed by atoms with Crippen molar-refractivity contribution in [2.45, 2.75) is 0 Å². The molecule has 4 rings (SSSR count). The fourth-order valence-corrected chi connectivity index (χ4v) is 2.63. The third-order valence-electron chi connectivity index (χ3n) is 3.97. The molecule has 2 N–H and O–H groups in total. The van der Waals surface area contributed by atoms with Crippen molar-refractivity contribution in [3.05, 3.63) is 60.8 Å².